The highest BCUT2D eigenvalue weighted by Crippen LogP contribution is 2.38. The fourth-order valence-corrected chi connectivity index (χ4v) is 15.1. The van der Waals surface area contributed by atoms with Crippen LogP contribution in [0.2, 0.25) is 0 Å². The van der Waals surface area contributed by atoms with Gasteiger partial charge in [-0.05, 0) is 83.9 Å². The first-order valence-electron chi connectivity index (χ1n) is 45.0. The van der Waals surface area contributed by atoms with Crippen molar-refractivity contribution in [3.63, 3.8) is 0 Å². The lowest BCUT2D eigenvalue weighted by Gasteiger charge is -2.45. The molecule has 0 amide bonds. The molecular formula is C98H125IO45. The second kappa shape index (κ2) is 58.8. The monoisotopic (exact) mass is 2150 g/mol. The standard InChI is InChI=1S/C54H46O15.C19H26O10.C12H22O10.C12H24O10.CH4.HI.H2/c55-44-42(31-41(33-61-48(56)36-21-9-2-10-22-36)64-53(44)63-32-35-19-7-1-8-20-35)65-54-47(69-52(60)40-29-17-6-18-30-40)46(68-51(59)39-27-15-5-16-28-39)45(67-50(58)38-25-13-4-14-26-38)43(66-54)34-62-49(57)37-23-11-3-12-24-37;20-7-11-6-12(28-19-17(25)16(24)14(22)13(8-21)29-19)15(23)18(27-11)26-9-10-4-2-1-3-5-10;13-2-4-1-5(8(16)11(19)20-4)21-12-10(18)9(17)7(15)6(3-14)22-12;13-2-5(16)1-7(6(17)3-14)21-12-11(20)10(19)9(18)8(4-15)22-12;;;/h1-31,41,43-47,53-55H,32-34H2;1-6,11,13-25H,7-9H2;4-19H,1-3H2;5-20H,1-4H2;1H4;2*1H/t41?,43?,44?,45-,46+,47?,53-,54-;11?,13?,14-,15?,16+,17?,18-,19-;4?,5-,6?,7+,8?,9-,10?,11?,12+;5?,6?,7?,8?,9-,10+,11?,12-;;;/m1101.../s1. The number of aliphatic hydroxyl groups is 22. The fourth-order valence-electron chi connectivity index (χ4n) is 15.1. The van der Waals surface area contributed by atoms with Crippen LogP contribution in [0.5, 0.6) is 0 Å². The zero-order valence-electron chi connectivity index (χ0n) is 76.2. The van der Waals surface area contributed by atoms with Gasteiger partial charge < -0.3 is 198 Å². The summed E-state index contributed by atoms with van der Waals surface area (Å²) in [4.78, 5) is 68.7. The average Bonchev–Trinajstić information content (AvgIpc) is 0.765. The largest absolute Gasteiger partial charge is 0.464 e. The molecule has 0 aromatic heterocycles. The number of aliphatic hydroxyl groups excluding tert-OH is 22. The lowest BCUT2D eigenvalue weighted by Crippen LogP contribution is -2.63. The molecule has 0 spiro atoms. The zero-order valence-corrected chi connectivity index (χ0v) is 78.6. The number of esters is 5. The Balaban J connectivity index is 0.000000276. The summed E-state index contributed by atoms with van der Waals surface area (Å²) in [6, 6.07) is 58.4. The Bertz CT molecular complexity index is 4950. The molecule has 7 aromatic rings. The molecule has 7 aliphatic rings. The lowest BCUT2D eigenvalue weighted by molar-refractivity contribution is -0.339. The first-order chi connectivity index (χ1) is 68.4. The number of benzene rings is 7. The van der Waals surface area contributed by atoms with E-state index in [0.717, 1.165) is 11.1 Å². The van der Waals surface area contributed by atoms with E-state index in [1.165, 1.54) is 60.7 Å². The summed E-state index contributed by atoms with van der Waals surface area (Å²) in [5.74, 6) is -4.49. The van der Waals surface area contributed by atoms with Gasteiger partial charge in [-0.3, -0.25) is 0 Å². The van der Waals surface area contributed by atoms with Gasteiger partial charge in [0.2, 0.25) is 18.7 Å². The van der Waals surface area contributed by atoms with Crippen LogP contribution in [-0.2, 0) is 98.5 Å². The third-order valence-electron chi connectivity index (χ3n) is 22.9. The second-order valence-electron chi connectivity index (χ2n) is 33.1. The van der Waals surface area contributed by atoms with E-state index in [2.05, 4.69) is 0 Å². The van der Waals surface area contributed by atoms with Gasteiger partial charge in [-0.25, -0.2) is 24.0 Å². The maximum atomic E-state index is 14.1. The van der Waals surface area contributed by atoms with E-state index >= 15 is 0 Å². The highest BCUT2D eigenvalue weighted by molar-refractivity contribution is 14.0. The summed E-state index contributed by atoms with van der Waals surface area (Å²) in [6.07, 6.45) is -44.8. The Kier molecular flexibility index (Phi) is 48.2. The maximum absolute atomic E-state index is 14.1. The molecule has 7 heterocycles. The minimum Gasteiger partial charge on any atom is -0.464 e. The van der Waals surface area contributed by atoms with Gasteiger partial charge in [0.25, 0.3) is 0 Å². The smallest absolute Gasteiger partial charge is 0.338 e. The topological polar surface area (TPSA) is 697 Å². The van der Waals surface area contributed by atoms with Gasteiger partial charge in [0, 0.05) is 14.3 Å². The number of ether oxygens (including phenoxy) is 18. The van der Waals surface area contributed by atoms with Crippen molar-refractivity contribution < 1.29 is 223 Å². The number of hydrogen-bond donors (Lipinski definition) is 22. The van der Waals surface area contributed by atoms with Gasteiger partial charge in [0.1, 0.15) is 128 Å². The third-order valence-corrected chi connectivity index (χ3v) is 22.9. The van der Waals surface area contributed by atoms with Gasteiger partial charge in [-0.1, -0.05) is 159 Å². The number of halogens is 1. The Morgan fingerprint density at radius 2 is 0.708 bits per heavy atom. The predicted octanol–water partition coefficient (Wildman–Crippen LogP) is -2.31. The number of rotatable bonds is 36. The van der Waals surface area contributed by atoms with Crippen molar-refractivity contribution in [2.75, 3.05) is 59.5 Å². The molecule has 33 atom stereocenters. The summed E-state index contributed by atoms with van der Waals surface area (Å²) in [6.45, 7) is -4.88. The molecule has 0 aliphatic carbocycles. The molecule has 0 radical (unpaired) electrons. The molecule has 0 saturated carbocycles. The molecule has 144 heavy (non-hydrogen) atoms. The van der Waals surface area contributed by atoms with E-state index in [9.17, 15) is 111 Å². The van der Waals surface area contributed by atoms with Crippen LogP contribution in [-0.4, -0.2) is 404 Å². The molecular weight excluding hydrogens is 2020 g/mol. The molecule has 794 valence electrons. The van der Waals surface area contributed by atoms with Crippen LogP contribution in [0.3, 0.4) is 0 Å². The van der Waals surface area contributed by atoms with Gasteiger partial charge in [-0.2, -0.15) is 0 Å². The van der Waals surface area contributed by atoms with Crippen LogP contribution in [0.4, 0.5) is 0 Å². The first kappa shape index (κ1) is 118. The summed E-state index contributed by atoms with van der Waals surface area (Å²) >= 11 is 0. The van der Waals surface area contributed by atoms with Crippen LogP contribution in [0.15, 0.2) is 236 Å². The number of carbonyl (C=O) groups is 5. The highest BCUT2D eigenvalue weighted by Gasteiger charge is 2.57. The van der Waals surface area contributed by atoms with E-state index < -0.39 is 285 Å². The molecule has 5 saturated heterocycles. The van der Waals surface area contributed by atoms with Crippen LogP contribution in [0.1, 0.15) is 84.6 Å². The minimum absolute atomic E-state index is 0. The lowest BCUT2D eigenvalue weighted by atomic mass is 9.97. The van der Waals surface area contributed by atoms with Crippen molar-refractivity contribution in [1.29, 1.82) is 0 Å². The summed E-state index contributed by atoms with van der Waals surface area (Å²) in [5.41, 5.74) is 2.34. The van der Waals surface area contributed by atoms with E-state index in [1.807, 2.05) is 60.7 Å². The first-order valence-corrected chi connectivity index (χ1v) is 45.0. The fraction of sp³-hybridized carbons (Fsp3) is 0.480. The Morgan fingerprint density at radius 3 is 1.12 bits per heavy atom. The number of hydrogen-bond acceptors (Lipinski definition) is 45. The maximum Gasteiger partial charge on any atom is 0.338 e. The zero-order chi connectivity index (χ0) is 102. The summed E-state index contributed by atoms with van der Waals surface area (Å²) in [5, 5.41) is 213. The Morgan fingerprint density at radius 1 is 0.347 bits per heavy atom. The predicted molar refractivity (Wildman–Crippen MR) is 501 cm³/mol. The van der Waals surface area contributed by atoms with Crippen LogP contribution >= 0.6 is 24.0 Å². The quantitative estimate of drug-likeness (QED) is 0.0111. The molecule has 46 heteroatoms. The van der Waals surface area contributed by atoms with Crippen molar-refractivity contribution in [3.8, 4) is 0 Å². The van der Waals surface area contributed by atoms with E-state index in [1.54, 1.807) is 103 Å². The van der Waals surface area contributed by atoms with Gasteiger partial charge in [0.05, 0.1) is 112 Å². The van der Waals surface area contributed by atoms with Gasteiger partial charge >= 0.3 is 29.8 Å². The molecule has 22 N–H and O–H groups in total. The van der Waals surface area contributed by atoms with Gasteiger partial charge in [-0.15, -0.1) is 24.0 Å². The SMILES string of the molecule is C.I.O=C(OCC1C=C(O[C@@H]2OC(COC(=O)c3ccccc3)[C@@H](OC(=O)c3ccccc3)[C@H](OC(=O)c3ccccc3)C2OC(=O)c2ccccc2)C(O)[C@H](OCc2ccccc2)O1)c1ccccc1.OCC(O)CC(O[C@@H]1OC(CO)[C@@H](O)[C@H](O)C1O)C(O)CO.OCC1C=C(O[C@@H]2OC(CO)[C@@H](O)[C@H](O)C2O)C(O)[C@H](OCc2ccccc2)O1.OCC1C[C@H](O[C@@H]2OC(CO)[C@@H](O)[C@H](O)C2O)C(O)C(O)O1.[HH]. The molecule has 5 fully saturated rings. The Hall–Kier alpha value is -9.62. The minimum atomic E-state index is -1.82. The van der Waals surface area contributed by atoms with Gasteiger partial charge in [0.15, 0.2) is 55.9 Å². The van der Waals surface area contributed by atoms with Crippen molar-refractivity contribution in [1.82, 2.24) is 0 Å². The Labute approximate surface area is 843 Å². The molecule has 14 rings (SSSR count). The molecule has 7 aliphatic heterocycles. The van der Waals surface area contributed by atoms with E-state index in [0.29, 0.717) is 0 Å². The normalized spacial score (nSPS) is 31.4. The third kappa shape index (κ3) is 32.7. The van der Waals surface area contributed by atoms with Crippen LogP contribution in [0, 0.1) is 0 Å². The van der Waals surface area contributed by atoms with Crippen molar-refractivity contribution in [2.24, 2.45) is 0 Å². The van der Waals surface area contributed by atoms with E-state index in [4.69, 9.17) is 111 Å². The molecule has 45 nitrogen and oxygen atoms in total. The molecule has 18 unspecified atom stereocenters. The average molecular weight is 2150 g/mol. The second-order valence-corrected chi connectivity index (χ2v) is 33.1. The highest BCUT2D eigenvalue weighted by atomic mass is 127. The van der Waals surface area contributed by atoms with Crippen molar-refractivity contribution in [3.05, 3.63) is 275 Å². The van der Waals surface area contributed by atoms with Crippen molar-refractivity contribution >= 4 is 53.8 Å². The van der Waals surface area contributed by atoms with Crippen molar-refractivity contribution in [2.45, 2.75) is 236 Å². The summed E-state index contributed by atoms with van der Waals surface area (Å²) in [7, 11) is 0. The van der Waals surface area contributed by atoms with Crippen LogP contribution in [0.25, 0.3) is 0 Å². The number of carbonyl (C=O) groups excluding carboxylic acids is 5. The molecule has 7 aromatic carbocycles. The van der Waals surface area contributed by atoms with E-state index in [-0.39, 0.29) is 105 Å². The molecule has 0 bridgehead atoms. The summed E-state index contributed by atoms with van der Waals surface area (Å²) < 4.78 is 103. The van der Waals surface area contributed by atoms with Crippen LogP contribution < -0.4 is 0 Å².